The fourth-order valence-electron chi connectivity index (χ4n) is 3.90. The largest absolute Gasteiger partial charge is 0.314 e. The Morgan fingerprint density at radius 1 is 1.04 bits per heavy atom. The molecule has 1 aliphatic heterocycles. The van der Waals surface area contributed by atoms with E-state index in [1.165, 1.54) is 37.7 Å². The van der Waals surface area contributed by atoms with Gasteiger partial charge in [-0.25, -0.2) is 0 Å². The lowest BCUT2D eigenvalue weighted by Gasteiger charge is -2.38. The molecular formula is C19H33Cl4N3. The Kier molecular flexibility index (Phi) is 14.4. The lowest BCUT2D eigenvalue weighted by Crippen LogP contribution is -2.56. The van der Waals surface area contributed by atoms with Gasteiger partial charge in [0.25, 0.3) is 0 Å². The number of hydrogen-bond acceptors (Lipinski definition) is 3. The Labute approximate surface area is 182 Å². The van der Waals surface area contributed by atoms with Crippen molar-refractivity contribution < 1.29 is 0 Å². The molecule has 1 saturated carbocycles. The molecule has 1 aromatic rings. The molecule has 0 amide bonds. The first-order valence-electron chi connectivity index (χ1n) is 9.27. The summed E-state index contributed by atoms with van der Waals surface area (Å²) in [6.07, 6.45) is 9.54. The van der Waals surface area contributed by atoms with Gasteiger partial charge in [-0.1, -0.05) is 49.1 Å². The van der Waals surface area contributed by atoms with Crippen LogP contribution in [0.15, 0.2) is 24.3 Å². The molecule has 152 valence electrons. The van der Waals surface area contributed by atoms with Gasteiger partial charge in [0, 0.05) is 37.2 Å². The first kappa shape index (κ1) is 26.3. The summed E-state index contributed by atoms with van der Waals surface area (Å²) in [6.45, 7) is 4.50. The van der Waals surface area contributed by atoms with Crippen molar-refractivity contribution >= 4 is 48.8 Å². The van der Waals surface area contributed by atoms with Gasteiger partial charge in [-0.3, -0.25) is 10.2 Å². The zero-order chi connectivity index (χ0) is 15.9. The van der Waals surface area contributed by atoms with Gasteiger partial charge in [0.15, 0.2) is 0 Å². The normalized spacial score (nSPS) is 19.6. The summed E-state index contributed by atoms with van der Waals surface area (Å²) in [5, 5.41) is 8.34. The molecular weight excluding hydrogens is 412 g/mol. The summed E-state index contributed by atoms with van der Waals surface area (Å²) >= 11 is 6.34. The summed E-state index contributed by atoms with van der Waals surface area (Å²) in [4.78, 5) is 2.63. The Balaban J connectivity index is 0.00000208. The first-order chi connectivity index (χ1) is 11.3. The van der Waals surface area contributed by atoms with Crippen LogP contribution in [0.3, 0.4) is 0 Å². The minimum Gasteiger partial charge on any atom is -0.314 e. The van der Waals surface area contributed by atoms with Crippen LogP contribution in [0.25, 0.3) is 0 Å². The number of halogens is 4. The van der Waals surface area contributed by atoms with Crippen molar-refractivity contribution in [2.45, 2.75) is 57.2 Å². The second-order valence-corrected chi connectivity index (χ2v) is 7.34. The van der Waals surface area contributed by atoms with E-state index in [-0.39, 0.29) is 37.2 Å². The second-order valence-electron chi connectivity index (χ2n) is 6.93. The van der Waals surface area contributed by atoms with Crippen molar-refractivity contribution in [1.82, 2.24) is 15.5 Å². The molecule has 3 rings (SSSR count). The summed E-state index contributed by atoms with van der Waals surface area (Å²) < 4.78 is 0. The number of aryl methyl sites for hydroxylation is 1. The van der Waals surface area contributed by atoms with Gasteiger partial charge in [0.05, 0.1) is 6.17 Å². The minimum absolute atomic E-state index is 0. The predicted octanol–water partition coefficient (Wildman–Crippen LogP) is 4.69. The third kappa shape index (κ3) is 8.10. The van der Waals surface area contributed by atoms with Gasteiger partial charge in [0.1, 0.15) is 0 Å². The van der Waals surface area contributed by atoms with Gasteiger partial charge < -0.3 is 5.32 Å². The lowest BCUT2D eigenvalue weighted by molar-refractivity contribution is 0.119. The maximum absolute atomic E-state index is 6.34. The highest BCUT2D eigenvalue weighted by molar-refractivity contribution is 6.31. The first-order valence-corrected chi connectivity index (χ1v) is 9.65. The van der Waals surface area contributed by atoms with Crippen molar-refractivity contribution in [2.75, 3.05) is 26.2 Å². The van der Waals surface area contributed by atoms with Gasteiger partial charge in [-0.05, 0) is 37.3 Å². The van der Waals surface area contributed by atoms with Crippen LogP contribution >= 0.6 is 48.8 Å². The van der Waals surface area contributed by atoms with Crippen molar-refractivity contribution in [1.29, 1.82) is 0 Å². The van der Waals surface area contributed by atoms with Crippen molar-refractivity contribution in [3.05, 3.63) is 34.9 Å². The summed E-state index contributed by atoms with van der Waals surface area (Å²) in [6, 6.07) is 8.98. The van der Waals surface area contributed by atoms with Crippen LogP contribution < -0.4 is 10.6 Å². The Morgan fingerprint density at radius 3 is 2.35 bits per heavy atom. The Bertz CT molecular complexity index is 478. The van der Waals surface area contributed by atoms with Crippen LogP contribution in [-0.4, -0.2) is 43.3 Å². The number of nitrogens with zero attached hydrogens (tertiary/aromatic N) is 1. The standard InChI is InChI=1S/C19H30ClN3.3ClH/c20-18-9-5-4-6-16(18)10-11-19(23-14-12-21-13-15-23)22-17-7-2-1-3-8-17;;;/h4-6,9,17,19,21-22H,1-3,7-8,10-15H2;3*1H. The molecule has 1 aromatic carbocycles. The highest BCUT2D eigenvalue weighted by atomic mass is 35.5. The van der Waals surface area contributed by atoms with E-state index in [1.54, 1.807) is 0 Å². The van der Waals surface area contributed by atoms with E-state index in [0.29, 0.717) is 12.2 Å². The Hall–Kier alpha value is 0.260. The highest BCUT2D eigenvalue weighted by Crippen LogP contribution is 2.21. The van der Waals surface area contributed by atoms with Gasteiger partial charge in [-0.15, -0.1) is 37.2 Å². The smallest absolute Gasteiger partial charge is 0.0603 e. The van der Waals surface area contributed by atoms with Crippen LogP contribution in [0.1, 0.15) is 44.1 Å². The number of nitrogens with one attached hydrogen (secondary N) is 2. The molecule has 26 heavy (non-hydrogen) atoms. The van der Waals surface area contributed by atoms with Crippen LogP contribution in [0, 0.1) is 0 Å². The summed E-state index contributed by atoms with van der Waals surface area (Å²) in [5.41, 5.74) is 1.28. The maximum Gasteiger partial charge on any atom is 0.0603 e. The maximum atomic E-state index is 6.34. The molecule has 1 unspecified atom stereocenters. The fraction of sp³-hybridized carbons (Fsp3) is 0.684. The quantitative estimate of drug-likeness (QED) is 0.666. The zero-order valence-electron chi connectivity index (χ0n) is 15.3. The molecule has 1 heterocycles. The molecule has 2 aliphatic rings. The van der Waals surface area contributed by atoms with E-state index >= 15 is 0 Å². The number of benzene rings is 1. The molecule has 3 nitrogen and oxygen atoms in total. The highest BCUT2D eigenvalue weighted by Gasteiger charge is 2.24. The molecule has 0 bridgehead atoms. The van der Waals surface area contributed by atoms with E-state index in [4.69, 9.17) is 11.6 Å². The van der Waals surface area contributed by atoms with Crippen LogP contribution in [0.4, 0.5) is 0 Å². The molecule has 7 heteroatoms. The van der Waals surface area contributed by atoms with Gasteiger partial charge in [-0.2, -0.15) is 0 Å². The third-order valence-electron chi connectivity index (χ3n) is 5.27. The summed E-state index contributed by atoms with van der Waals surface area (Å²) in [7, 11) is 0. The number of rotatable bonds is 6. The van der Waals surface area contributed by atoms with E-state index in [1.807, 2.05) is 12.1 Å². The topological polar surface area (TPSA) is 27.3 Å². The zero-order valence-corrected chi connectivity index (χ0v) is 18.5. The number of hydrogen-bond donors (Lipinski definition) is 2. The molecule has 2 fully saturated rings. The minimum atomic E-state index is 0. The number of piperazine rings is 1. The van der Waals surface area contributed by atoms with E-state index in [2.05, 4.69) is 27.7 Å². The third-order valence-corrected chi connectivity index (χ3v) is 5.64. The molecule has 0 aromatic heterocycles. The van der Waals surface area contributed by atoms with E-state index < -0.39 is 0 Å². The SMILES string of the molecule is Cl.Cl.Cl.Clc1ccccc1CCC(NC1CCCCC1)N1CCNCC1. The second kappa shape index (κ2) is 14.3. The molecule has 1 aliphatic carbocycles. The van der Waals surface area contributed by atoms with Crippen LogP contribution in [0.2, 0.25) is 5.02 Å². The molecule has 0 radical (unpaired) electrons. The van der Waals surface area contributed by atoms with E-state index in [9.17, 15) is 0 Å². The monoisotopic (exact) mass is 443 g/mol. The van der Waals surface area contributed by atoms with Crippen molar-refractivity contribution in [3.63, 3.8) is 0 Å². The molecule has 0 spiro atoms. The van der Waals surface area contributed by atoms with Crippen molar-refractivity contribution in [2.24, 2.45) is 0 Å². The average molecular weight is 445 g/mol. The van der Waals surface area contributed by atoms with Gasteiger partial charge >= 0.3 is 0 Å². The van der Waals surface area contributed by atoms with Crippen molar-refractivity contribution in [3.8, 4) is 0 Å². The van der Waals surface area contributed by atoms with Crippen LogP contribution in [0.5, 0.6) is 0 Å². The summed E-state index contributed by atoms with van der Waals surface area (Å²) in [5.74, 6) is 0. The lowest BCUT2D eigenvalue weighted by atomic mass is 9.95. The molecule has 1 saturated heterocycles. The molecule has 2 N–H and O–H groups in total. The van der Waals surface area contributed by atoms with Crippen LogP contribution in [-0.2, 0) is 6.42 Å². The molecule has 1 atom stereocenters. The van der Waals surface area contributed by atoms with Gasteiger partial charge in [0.2, 0.25) is 0 Å². The predicted molar refractivity (Wildman–Crippen MR) is 120 cm³/mol. The van der Waals surface area contributed by atoms with E-state index in [0.717, 1.165) is 44.0 Å². The fourth-order valence-corrected chi connectivity index (χ4v) is 4.13. The Morgan fingerprint density at radius 2 is 1.69 bits per heavy atom. The average Bonchev–Trinajstić information content (AvgIpc) is 2.61.